The van der Waals surface area contributed by atoms with E-state index in [4.69, 9.17) is 0 Å². The molecule has 8 heteroatoms. The second kappa shape index (κ2) is 54.4. The molecule has 0 bridgehead atoms. The third-order valence-electron chi connectivity index (χ3n) is 29.5. The molecule has 0 radical (unpaired) electrons. The summed E-state index contributed by atoms with van der Waals surface area (Å²) in [6, 6.07) is 71.2. The van der Waals surface area contributed by atoms with Crippen LogP contribution in [0, 0.1) is 102 Å². The van der Waals surface area contributed by atoms with E-state index in [1.54, 1.807) is 11.1 Å². The van der Waals surface area contributed by atoms with Gasteiger partial charge in [0.25, 0.3) is 0 Å². The van der Waals surface area contributed by atoms with Crippen LogP contribution in [0.3, 0.4) is 0 Å². The highest BCUT2D eigenvalue weighted by molar-refractivity contribution is 5.38. The molecule has 0 heterocycles. The van der Waals surface area contributed by atoms with Crippen molar-refractivity contribution in [3.05, 3.63) is 318 Å². The average Bonchev–Trinajstić information content (AvgIpc) is 1.77. The summed E-state index contributed by atoms with van der Waals surface area (Å²) in [5.41, 5.74) is 24.9. The van der Waals surface area contributed by atoms with Crippen LogP contribution in [-0.4, -0.2) is 53.1 Å². The molecule has 0 spiro atoms. The Kier molecular flexibility index (Phi) is 46.0. The van der Waals surface area contributed by atoms with Gasteiger partial charge in [-0.15, -0.1) is 0 Å². The van der Waals surface area contributed by atoms with Crippen molar-refractivity contribution < 1.29 is 40.9 Å². The number of fused-ring (bicyclic) bond motifs is 2. The molecule has 16 rings (SSSR count). The van der Waals surface area contributed by atoms with E-state index in [0.29, 0.717) is 18.3 Å². The van der Waals surface area contributed by atoms with Crippen LogP contribution in [-0.2, 0) is 31.1 Å². The van der Waals surface area contributed by atoms with E-state index in [1.165, 1.54) is 189 Å². The predicted octanol–water partition coefficient (Wildman–Crippen LogP) is 31.3. The van der Waals surface area contributed by atoms with Crippen LogP contribution in [0.25, 0.3) is 0 Å². The fourth-order valence-electron chi connectivity index (χ4n) is 19.9. The first-order valence-electron chi connectivity index (χ1n) is 51.3. The lowest BCUT2D eigenvalue weighted by atomic mass is 9.61. The number of aliphatic hydroxyl groups is 8. The summed E-state index contributed by atoms with van der Waals surface area (Å²) in [6.45, 7) is 46.1. The number of aryl methyl sites for hydroxylation is 13. The molecule has 7 aliphatic carbocycles. The van der Waals surface area contributed by atoms with Gasteiger partial charge in [-0.05, 0) is 287 Å². The molecule has 8 unspecified atom stereocenters. The lowest BCUT2D eigenvalue weighted by Gasteiger charge is -2.46. The van der Waals surface area contributed by atoms with Crippen LogP contribution < -0.4 is 0 Å². The van der Waals surface area contributed by atoms with Gasteiger partial charge in [-0.25, -0.2) is 0 Å². The van der Waals surface area contributed by atoms with Gasteiger partial charge in [0.05, 0.1) is 42.7 Å². The molecule has 8 atom stereocenters. The lowest BCUT2D eigenvalue weighted by molar-refractivity contribution is -0.127. The average molecular weight is 1790 g/mol. The zero-order chi connectivity index (χ0) is 96.1. The third kappa shape index (κ3) is 35.7. The van der Waals surface area contributed by atoms with Gasteiger partial charge < -0.3 is 40.9 Å². The molecule has 8 nitrogen and oxygen atoms in total. The Morgan fingerprint density at radius 3 is 1.20 bits per heavy atom. The van der Waals surface area contributed by atoms with Crippen molar-refractivity contribution in [2.24, 2.45) is 39.4 Å². The lowest BCUT2D eigenvalue weighted by Crippen LogP contribution is -2.42. The van der Waals surface area contributed by atoms with E-state index >= 15 is 0 Å². The zero-order valence-corrected chi connectivity index (χ0v) is 85.7. The molecule has 5 fully saturated rings. The first-order chi connectivity index (χ1) is 62.2. The van der Waals surface area contributed by atoms with Crippen molar-refractivity contribution in [2.75, 3.05) is 6.61 Å². The van der Waals surface area contributed by atoms with Gasteiger partial charge in [0.1, 0.15) is 6.10 Å². The highest BCUT2D eigenvalue weighted by atomic mass is 16.3. The third-order valence-corrected chi connectivity index (χ3v) is 29.5. The molecule has 0 amide bonds. The highest BCUT2D eigenvalue weighted by Crippen LogP contribution is 2.55. The van der Waals surface area contributed by atoms with Crippen LogP contribution >= 0.6 is 0 Å². The van der Waals surface area contributed by atoms with Gasteiger partial charge in [-0.3, -0.25) is 0 Å². The van der Waals surface area contributed by atoms with Crippen molar-refractivity contribution >= 4 is 0 Å². The van der Waals surface area contributed by atoms with Crippen LogP contribution in [0.2, 0.25) is 0 Å². The second-order valence-corrected chi connectivity index (χ2v) is 43.5. The Hall–Kier alpha value is -7.34. The fraction of sp³-hybridized carbons (Fsp3) is 0.561. The quantitative estimate of drug-likeness (QED) is 0.0294. The van der Waals surface area contributed by atoms with Gasteiger partial charge >= 0.3 is 0 Å². The predicted molar refractivity (Wildman–Crippen MR) is 556 cm³/mol. The fourth-order valence-corrected chi connectivity index (χ4v) is 19.9. The molecular formula is C123H180O8. The number of hydrogen-bond acceptors (Lipinski definition) is 8. The van der Waals surface area contributed by atoms with E-state index in [0.717, 1.165) is 122 Å². The monoisotopic (exact) mass is 1790 g/mol. The van der Waals surface area contributed by atoms with E-state index in [-0.39, 0.29) is 52.7 Å². The topological polar surface area (TPSA) is 162 Å². The van der Waals surface area contributed by atoms with Crippen LogP contribution in [0.5, 0.6) is 0 Å². The summed E-state index contributed by atoms with van der Waals surface area (Å²) in [6.07, 6.45) is 35.2. The molecule has 131 heavy (non-hydrogen) atoms. The molecule has 9 aromatic carbocycles. The molecule has 0 aliphatic heterocycles. The van der Waals surface area contributed by atoms with Crippen molar-refractivity contribution in [1.29, 1.82) is 0 Å². The summed E-state index contributed by atoms with van der Waals surface area (Å²) >= 11 is 0. The number of unbranched alkanes of at least 4 members (excludes halogenated alkanes) is 3. The molecule has 9 aromatic rings. The Labute approximate surface area is 797 Å². The molecule has 7 aliphatic rings. The maximum atomic E-state index is 10.5. The molecular weight excluding hydrogens is 1610 g/mol. The highest BCUT2D eigenvalue weighted by Gasteiger charge is 2.46. The largest absolute Gasteiger partial charge is 0.396 e. The Bertz CT molecular complexity index is 4630. The van der Waals surface area contributed by atoms with E-state index < -0.39 is 17.8 Å². The number of rotatable bonds is 23. The minimum absolute atomic E-state index is 0.0854. The maximum Gasteiger partial charge on any atom is 0.108 e. The first-order valence-corrected chi connectivity index (χ1v) is 51.3. The minimum atomic E-state index is -0.866. The Morgan fingerprint density at radius 2 is 0.794 bits per heavy atom. The Balaban J connectivity index is 0.000000200. The van der Waals surface area contributed by atoms with Gasteiger partial charge in [0.15, 0.2) is 0 Å². The van der Waals surface area contributed by atoms with E-state index in [9.17, 15) is 40.9 Å². The summed E-state index contributed by atoms with van der Waals surface area (Å²) < 4.78 is 0. The smallest absolute Gasteiger partial charge is 0.108 e. The summed E-state index contributed by atoms with van der Waals surface area (Å²) in [4.78, 5) is 0. The van der Waals surface area contributed by atoms with Crippen molar-refractivity contribution in [1.82, 2.24) is 0 Å². The summed E-state index contributed by atoms with van der Waals surface area (Å²) in [5, 5.41) is 80.0. The van der Waals surface area contributed by atoms with E-state index in [1.807, 2.05) is 86.6 Å². The van der Waals surface area contributed by atoms with Gasteiger partial charge in [-0.1, -0.05) is 410 Å². The standard InChI is InChI=1S/2C15H22O.C15H24O.C13H18O2.C13H20.C12H16O2.C11H16.C10H12O.C10H12.C9H18/c1-3-9-15(10-4-11-15)14(16)13-7-5-12(2)6-8-13;1-3-8-15(9-5-10-15)14(16)13-7-4-6-12(2)11-13;1-12-7-9-13(10-8-12)14(16)6-5-11-15(2,3)4;1-10-3-5-11(6-4-10)12(15)13(9-14)7-2-8-13;1-3-4-5-6-7-13-10-8-12(2)9-11-13;1-9-3-5-10(6-4-9)11(13)12(14)7-2-8-12;1-9-5-7-10(8-6-9)11(2,3)4;1-7-2-4-9-8(6-7)3-5-10(9)11;1-8-5-6-9-3-2-4-10(9)7-8;1-7(2)9-6-4-5-8(9)3/h5-8,14,16H,3-4,9-11H2,1-2H3;4,6-7,11,14,16H,3,5,8-10H2,1-2H3;7-10,14,16H,5-6,11H2,1-4H3;3-6,12,14-15H,2,7-9H2,1H3;8-11H,3-7H2,1-2H3;3-6,11,13-14H,2,7-8H2,1H3;5-8H,1-4H3;2,4,6,10-11H,3,5H2,1H3;5-7H,2-4H2,1H3;7-9H,4-6H2,1-3H3. The molecule has 0 aromatic heterocycles. The minimum Gasteiger partial charge on any atom is -0.396 e. The van der Waals surface area contributed by atoms with Gasteiger partial charge in [0.2, 0.25) is 0 Å². The molecule has 0 saturated heterocycles. The van der Waals surface area contributed by atoms with Crippen molar-refractivity contribution in [3.63, 3.8) is 0 Å². The second-order valence-electron chi connectivity index (χ2n) is 43.5. The zero-order valence-electron chi connectivity index (χ0n) is 85.7. The maximum absolute atomic E-state index is 10.5. The van der Waals surface area contributed by atoms with Gasteiger partial charge in [-0.2, -0.15) is 0 Å². The number of aliphatic hydroxyl groups excluding tert-OH is 7. The van der Waals surface area contributed by atoms with E-state index in [2.05, 4.69) is 265 Å². The van der Waals surface area contributed by atoms with Gasteiger partial charge in [0, 0.05) is 16.2 Å². The van der Waals surface area contributed by atoms with Crippen LogP contribution in [0.4, 0.5) is 0 Å². The van der Waals surface area contributed by atoms with Crippen molar-refractivity contribution in [2.45, 2.75) is 399 Å². The summed E-state index contributed by atoms with van der Waals surface area (Å²) in [5.74, 6) is 2.96. The normalized spacial score (nSPS) is 18.7. The molecule has 8 N–H and O–H groups in total. The van der Waals surface area contributed by atoms with Crippen molar-refractivity contribution in [3.8, 4) is 0 Å². The molecule has 5 saturated carbocycles. The van der Waals surface area contributed by atoms with Crippen LogP contribution in [0.15, 0.2) is 206 Å². The van der Waals surface area contributed by atoms with Crippen LogP contribution in [0.1, 0.15) is 411 Å². The summed E-state index contributed by atoms with van der Waals surface area (Å²) in [7, 11) is 0. The molecule has 720 valence electrons. The number of hydrogen-bond donors (Lipinski definition) is 8. The SMILES string of the molecule is CC(C)C1CCCC1C.CCCC1(C(O)c2ccc(C)cc2)CCC1.CCCC1(C(O)c2cccc(C)c2)CCC1.CCCCCCc1ccc(C)cc1.Cc1ccc(C(C)(C)C)cc1.Cc1ccc(C(O)C2(CO)CCC2)cc1.Cc1ccc(C(O)C2(O)CCC2)cc1.Cc1ccc(C(O)CCCC(C)(C)C)cc1.Cc1ccc2c(c1)CCC2.Cc1ccc2c(c1)CCC2O. The first kappa shape index (κ1) is 111. The Morgan fingerprint density at radius 1 is 0.374 bits per heavy atom. The number of benzene rings is 9.